The molecule has 0 unspecified atom stereocenters. The summed E-state index contributed by atoms with van der Waals surface area (Å²) in [6, 6.07) is 3.75. The van der Waals surface area contributed by atoms with Crippen LogP contribution in [0.5, 0.6) is 11.6 Å². The van der Waals surface area contributed by atoms with Crippen molar-refractivity contribution in [1.82, 2.24) is 29.4 Å². The smallest absolute Gasteiger partial charge is 0.213 e. The number of hydrogen-bond donors (Lipinski definition) is 0. The third kappa shape index (κ3) is 2.57. The van der Waals surface area contributed by atoms with E-state index in [1.54, 1.807) is 42.0 Å². The van der Waals surface area contributed by atoms with Crippen LogP contribution in [0.3, 0.4) is 0 Å². The maximum absolute atomic E-state index is 5.48. The molecule has 0 saturated carbocycles. The predicted octanol–water partition coefficient (Wildman–Crippen LogP) is 2.21. The molecule has 4 aromatic heterocycles. The van der Waals surface area contributed by atoms with Crippen molar-refractivity contribution in [3.8, 4) is 34.0 Å². The van der Waals surface area contributed by atoms with Gasteiger partial charge in [-0.2, -0.15) is 10.2 Å². The maximum Gasteiger partial charge on any atom is 0.213 e. The second-order valence-corrected chi connectivity index (χ2v) is 5.47. The molecule has 4 heterocycles. The Kier molecular flexibility index (Phi) is 3.57. The molecule has 0 aliphatic carbocycles. The summed E-state index contributed by atoms with van der Waals surface area (Å²) in [4.78, 5) is 8.92. The fourth-order valence-electron chi connectivity index (χ4n) is 2.69. The lowest BCUT2D eigenvalue weighted by atomic mass is 10.1. The number of methoxy groups -OCH3 is 2. The van der Waals surface area contributed by atoms with Crippen molar-refractivity contribution in [2.24, 2.45) is 7.05 Å². The molecule has 0 amide bonds. The van der Waals surface area contributed by atoms with Crippen molar-refractivity contribution in [1.29, 1.82) is 0 Å². The van der Waals surface area contributed by atoms with E-state index in [-0.39, 0.29) is 0 Å². The highest BCUT2D eigenvalue weighted by molar-refractivity contribution is 5.79. The number of fused-ring (bicyclic) bond motifs is 1. The summed E-state index contributed by atoms with van der Waals surface area (Å²) in [5.41, 5.74) is 4.12. The Morgan fingerprint density at radius 2 is 1.88 bits per heavy atom. The fraction of sp³-hybridized carbons (Fsp3) is 0.176. The average molecular weight is 336 g/mol. The van der Waals surface area contributed by atoms with Gasteiger partial charge in [-0.3, -0.25) is 4.68 Å². The standard InChI is InChI=1S/C17H16N6O2/c1-22-9-12(7-19-22)16-14(24-2)10-23-17(21-16)13(8-20-23)11-4-5-18-15(6-11)25-3/h4-10H,1-3H3. The first-order valence-corrected chi connectivity index (χ1v) is 7.61. The van der Waals surface area contributed by atoms with E-state index in [1.165, 1.54) is 0 Å². The van der Waals surface area contributed by atoms with Gasteiger partial charge >= 0.3 is 0 Å². The summed E-state index contributed by atoms with van der Waals surface area (Å²) in [6.45, 7) is 0. The molecule has 0 aliphatic rings. The molecule has 25 heavy (non-hydrogen) atoms. The van der Waals surface area contributed by atoms with Gasteiger partial charge in [0.05, 0.1) is 32.8 Å². The van der Waals surface area contributed by atoms with Crippen LogP contribution < -0.4 is 9.47 Å². The van der Waals surface area contributed by atoms with Crippen LogP contribution in [0.2, 0.25) is 0 Å². The van der Waals surface area contributed by atoms with E-state index in [0.717, 1.165) is 16.7 Å². The highest BCUT2D eigenvalue weighted by atomic mass is 16.5. The molecule has 4 rings (SSSR count). The number of hydrogen-bond acceptors (Lipinski definition) is 6. The SMILES string of the molecule is COc1cc(-c2cnn3cc(OC)c(-c4cnn(C)c4)nc23)ccn1. The van der Waals surface area contributed by atoms with Crippen molar-refractivity contribution >= 4 is 5.65 Å². The summed E-state index contributed by atoms with van der Waals surface area (Å²) >= 11 is 0. The van der Waals surface area contributed by atoms with Crippen LogP contribution in [-0.4, -0.2) is 43.6 Å². The monoisotopic (exact) mass is 336 g/mol. The van der Waals surface area contributed by atoms with Gasteiger partial charge in [-0.25, -0.2) is 14.5 Å². The molecular formula is C17H16N6O2. The fourth-order valence-corrected chi connectivity index (χ4v) is 2.69. The van der Waals surface area contributed by atoms with E-state index in [9.17, 15) is 0 Å². The molecule has 0 radical (unpaired) electrons. The molecule has 0 spiro atoms. The van der Waals surface area contributed by atoms with Gasteiger partial charge in [-0.1, -0.05) is 0 Å². The Bertz CT molecular complexity index is 1050. The summed E-state index contributed by atoms with van der Waals surface area (Å²) in [7, 11) is 5.06. The van der Waals surface area contributed by atoms with Crippen LogP contribution in [0.4, 0.5) is 0 Å². The Morgan fingerprint density at radius 1 is 1.00 bits per heavy atom. The summed E-state index contributed by atoms with van der Waals surface area (Å²) in [6.07, 6.45) is 8.93. The van der Waals surface area contributed by atoms with Crippen molar-refractivity contribution in [3.05, 3.63) is 43.1 Å². The Balaban J connectivity index is 1.93. The predicted molar refractivity (Wildman–Crippen MR) is 91.5 cm³/mol. The molecule has 126 valence electrons. The number of nitrogens with zero attached hydrogens (tertiary/aromatic N) is 6. The van der Waals surface area contributed by atoms with Crippen LogP contribution in [0, 0.1) is 0 Å². The second-order valence-electron chi connectivity index (χ2n) is 5.47. The van der Waals surface area contributed by atoms with Gasteiger partial charge in [0.15, 0.2) is 11.4 Å². The molecule has 0 saturated heterocycles. The first-order valence-electron chi connectivity index (χ1n) is 7.61. The highest BCUT2D eigenvalue weighted by Crippen LogP contribution is 2.32. The van der Waals surface area contributed by atoms with Crippen LogP contribution >= 0.6 is 0 Å². The minimum atomic E-state index is 0.540. The Labute approximate surface area is 143 Å². The van der Waals surface area contributed by atoms with E-state index in [1.807, 2.05) is 31.6 Å². The van der Waals surface area contributed by atoms with E-state index in [4.69, 9.17) is 14.5 Å². The quantitative estimate of drug-likeness (QED) is 0.568. The van der Waals surface area contributed by atoms with Crippen LogP contribution in [0.25, 0.3) is 28.0 Å². The van der Waals surface area contributed by atoms with Crippen LogP contribution in [0.15, 0.2) is 43.1 Å². The Hall–Kier alpha value is -3.42. The Morgan fingerprint density at radius 3 is 2.60 bits per heavy atom. The van der Waals surface area contributed by atoms with Gasteiger partial charge in [0, 0.05) is 36.6 Å². The molecule has 0 bridgehead atoms. The molecule has 0 N–H and O–H groups in total. The second kappa shape index (κ2) is 5.90. The van der Waals surface area contributed by atoms with Crippen molar-refractivity contribution in [2.75, 3.05) is 14.2 Å². The molecule has 0 fully saturated rings. The number of rotatable bonds is 4. The van der Waals surface area contributed by atoms with Gasteiger partial charge in [0.1, 0.15) is 5.69 Å². The normalized spacial score (nSPS) is 11.0. The minimum Gasteiger partial charge on any atom is -0.493 e. The third-order valence-corrected chi connectivity index (χ3v) is 3.91. The van der Waals surface area contributed by atoms with Gasteiger partial charge in [0.25, 0.3) is 0 Å². The molecule has 0 aromatic carbocycles. The lowest BCUT2D eigenvalue weighted by Crippen LogP contribution is -1.98. The molecule has 4 aromatic rings. The molecule has 0 atom stereocenters. The summed E-state index contributed by atoms with van der Waals surface area (Å²) in [5.74, 6) is 1.17. The van der Waals surface area contributed by atoms with Crippen LogP contribution in [0.1, 0.15) is 0 Å². The zero-order valence-electron chi connectivity index (χ0n) is 14.0. The van der Waals surface area contributed by atoms with E-state index < -0.39 is 0 Å². The minimum absolute atomic E-state index is 0.540. The molecule has 8 heteroatoms. The van der Waals surface area contributed by atoms with E-state index in [0.29, 0.717) is 23.0 Å². The molecule has 0 aliphatic heterocycles. The number of ether oxygens (including phenoxy) is 2. The zero-order chi connectivity index (χ0) is 17.4. The zero-order valence-corrected chi connectivity index (χ0v) is 14.0. The first kappa shape index (κ1) is 15.1. The van der Waals surface area contributed by atoms with Crippen molar-refractivity contribution in [3.63, 3.8) is 0 Å². The number of pyridine rings is 1. The largest absolute Gasteiger partial charge is 0.493 e. The summed E-state index contributed by atoms with van der Waals surface area (Å²) in [5, 5.41) is 8.60. The van der Waals surface area contributed by atoms with Gasteiger partial charge in [-0.05, 0) is 11.6 Å². The first-order chi connectivity index (χ1) is 12.2. The van der Waals surface area contributed by atoms with Gasteiger partial charge in [-0.15, -0.1) is 0 Å². The van der Waals surface area contributed by atoms with Crippen molar-refractivity contribution in [2.45, 2.75) is 0 Å². The average Bonchev–Trinajstić information content (AvgIpc) is 3.26. The third-order valence-electron chi connectivity index (χ3n) is 3.91. The van der Waals surface area contributed by atoms with Crippen LogP contribution in [-0.2, 0) is 7.05 Å². The van der Waals surface area contributed by atoms with E-state index in [2.05, 4.69) is 15.2 Å². The number of aryl methyl sites for hydroxylation is 1. The molecular weight excluding hydrogens is 320 g/mol. The van der Waals surface area contributed by atoms with Gasteiger partial charge < -0.3 is 9.47 Å². The van der Waals surface area contributed by atoms with Gasteiger partial charge in [0.2, 0.25) is 5.88 Å². The van der Waals surface area contributed by atoms with E-state index >= 15 is 0 Å². The topological polar surface area (TPSA) is 79.4 Å². The van der Waals surface area contributed by atoms with Crippen molar-refractivity contribution < 1.29 is 9.47 Å². The highest BCUT2D eigenvalue weighted by Gasteiger charge is 2.16. The molecule has 8 nitrogen and oxygen atoms in total. The lowest BCUT2D eigenvalue weighted by molar-refractivity contribution is 0.398. The maximum atomic E-state index is 5.48. The lowest BCUT2D eigenvalue weighted by Gasteiger charge is -2.08. The summed E-state index contributed by atoms with van der Waals surface area (Å²) < 4.78 is 14.1. The number of aromatic nitrogens is 6.